The molecule has 6 heteroatoms. The number of halogens is 3. The second kappa shape index (κ2) is 7.81. The quantitative estimate of drug-likeness (QED) is 0.864. The van der Waals surface area contributed by atoms with Gasteiger partial charge in [0.05, 0.1) is 6.42 Å². The highest BCUT2D eigenvalue weighted by atomic mass is 19.4. The fourth-order valence-electron chi connectivity index (χ4n) is 3.07. The van der Waals surface area contributed by atoms with Gasteiger partial charge in [0, 0.05) is 12.1 Å². The van der Waals surface area contributed by atoms with Gasteiger partial charge in [0.2, 0.25) is 5.91 Å². The van der Waals surface area contributed by atoms with Gasteiger partial charge in [-0.3, -0.25) is 4.79 Å². The molecule has 0 radical (unpaired) electrons. The Balaban J connectivity index is 1.88. The predicted molar refractivity (Wildman–Crippen MR) is 84.2 cm³/mol. The Hall–Kier alpha value is -1.56. The molecule has 0 spiro atoms. The van der Waals surface area contributed by atoms with Crippen LogP contribution in [0.5, 0.6) is 0 Å². The van der Waals surface area contributed by atoms with Gasteiger partial charge in [0.1, 0.15) is 0 Å². The van der Waals surface area contributed by atoms with Crippen LogP contribution >= 0.6 is 0 Å². The average molecular weight is 328 g/mol. The number of carbonyl (C=O) groups excluding carboxylic acids is 1. The highest BCUT2D eigenvalue weighted by Gasteiger charge is 2.27. The van der Waals surface area contributed by atoms with Crippen LogP contribution in [-0.2, 0) is 11.2 Å². The average Bonchev–Trinajstić information content (AvgIpc) is 2.46. The highest BCUT2D eigenvalue weighted by Crippen LogP contribution is 2.25. The largest absolute Gasteiger partial charge is 0.393 e. The molecule has 23 heavy (non-hydrogen) atoms. The maximum absolute atomic E-state index is 12.4. The number of carbonyl (C=O) groups is 1. The molecule has 3 nitrogen and oxygen atoms in total. The van der Waals surface area contributed by atoms with Crippen molar-refractivity contribution < 1.29 is 18.0 Å². The van der Waals surface area contributed by atoms with Crippen molar-refractivity contribution in [2.45, 2.75) is 38.8 Å². The molecule has 1 unspecified atom stereocenters. The van der Waals surface area contributed by atoms with Crippen molar-refractivity contribution in [3.63, 3.8) is 0 Å². The van der Waals surface area contributed by atoms with Gasteiger partial charge >= 0.3 is 6.18 Å². The maximum atomic E-state index is 12.4. The molecule has 0 bridgehead atoms. The lowest BCUT2D eigenvalue weighted by Crippen LogP contribution is -2.32. The summed E-state index contributed by atoms with van der Waals surface area (Å²) in [5.74, 6) is 0.661. The first kappa shape index (κ1) is 17.8. The summed E-state index contributed by atoms with van der Waals surface area (Å²) < 4.78 is 37.3. The third kappa shape index (κ3) is 6.22. The van der Waals surface area contributed by atoms with E-state index < -0.39 is 12.6 Å². The van der Waals surface area contributed by atoms with Crippen molar-refractivity contribution in [1.82, 2.24) is 5.32 Å². The minimum atomic E-state index is -4.24. The number of piperidine rings is 1. The van der Waals surface area contributed by atoms with Crippen LogP contribution in [0.2, 0.25) is 0 Å². The van der Waals surface area contributed by atoms with Gasteiger partial charge in [0.25, 0.3) is 0 Å². The van der Waals surface area contributed by atoms with Gasteiger partial charge in [-0.1, -0.05) is 19.1 Å². The number of rotatable bonds is 5. The van der Waals surface area contributed by atoms with E-state index in [1.807, 2.05) is 0 Å². The molecule has 1 aliphatic rings. The number of hydrogen-bond donors (Lipinski definition) is 2. The monoisotopic (exact) mass is 328 g/mol. The van der Waals surface area contributed by atoms with Gasteiger partial charge in [-0.25, -0.2) is 0 Å². The van der Waals surface area contributed by atoms with Crippen LogP contribution in [0.25, 0.3) is 0 Å². The van der Waals surface area contributed by atoms with E-state index in [2.05, 4.69) is 17.6 Å². The maximum Gasteiger partial charge on any atom is 0.393 e. The summed E-state index contributed by atoms with van der Waals surface area (Å²) in [5, 5.41) is 6.01. The minimum absolute atomic E-state index is 0.139. The molecule has 1 saturated heterocycles. The Kier molecular flexibility index (Phi) is 6.04. The molecule has 0 saturated carbocycles. The lowest BCUT2D eigenvalue weighted by atomic mass is 9.84. The lowest BCUT2D eigenvalue weighted by Gasteiger charge is -2.27. The van der Waals surface area contributed by atoms with E-state index in [0.717, 1.165) is 25.9 Å². The predicted octanol–water partition coefficient (Wildman–Crippen LogP) is 3.76. The van der Waals surface area contributed by atoms with Crippen molar-refractivity contribution in [3.8, 4) is 0 Å². The summed E-state index contributed by atoms with van der Waals surface area (Å²) in [7, 11) is 0. The van der Waals surface area contributed by atoms with Gasteiger partial charge < -0.3 is 10.6 Å². The van der Waals surface area contributed by atoms with Crippen molar-refractivity contribution in [3.05, 3.63) is 29.8 Å². The van der Waals surface area contributed by atoms with Crippen molar-refractivity contribution in [2.75, 3.05) is 18.4 Å². The van der Waals surface area contributed by atoms with E-state index in [4.69, 9.17) is 0 Å². The third-order valence-electron chi connectivity index (χ3n) is 4.31. The molecule has 2 rings (SSSR count). The Morgan fingerprint density at radius 1 is 1.35 bits per heavy atom. The zero-order chi connectivity index (χ0) is 16.9. The smallest absolute Gasteiger partial charge is 0.326 e. The van der Waals surface area contributed by atoms with E-state index >= 15 is 0 Å². The van der Waals surface area contributed by atoms with E-state index in [9.17, 15) is 18.0 Å². The molecule has 1 fully saturated rings. The summed E-state index contributed by atoms with van der Waals surface area (Å²) in [6, 6.07) is 5.96. The number of benzene rings is 1. The Labute approximate surface area is 134 Å². The van der Waals surface area contributed by atoms with Gasteiger partial charge in [-0.05, 0) is 55.5 Å². The normalized spacial score (nSPS) is 17.7. The molecule has 0 aliphatic carbocycles. The van der Waals surface area contributed by atoms with Gasteiger partial charge in [0.15, 0.2) is 0 Å². The highest BCUT2D eigenvalue weighted by molar-refractivity contribution is 5.90. The number of anilines is 1. The molecule has 128 valence electrons. The number of hydrogen-bond acceptors (Lipinski definition) is 2. The molecular formula is C17H23F3N2O. The van der Waals surface area contributed by atoms with E-state index in [-0.39, 0.29) is 17.4 Å². The molecule has 1 aliphatic heterocycles. The molecule has 1 amide bonds. The first-order chi connectivity index (χ1) is 10.8. The molecule has 1 heterocycles. The van der Waals surface area contributed by atoms with Crippen LogP contribution in [0.15, 0.2) is 24.3 Å². The molecule has 0 aromatic heterocycles. The van der Waals surface area contributed by atoms with Gasteiger partial charge in [-0.15, -0.1) is 0 Å². The molecule has 2 N–H and O–H groups in total. The Bertz CT molecular complexity index is 525. The standard InChI is InChI=1S/C17H23F3N2O/c1-12(14-5-7-21-8-6-14)9-16(23)22-15-4-2-3-13(10-15)11-17(18,19)20/h2-4,10,12,14,21H,5-9,11H2,1H3,(H,22,23). The Morgan fingerprint density at radius 3 is 2.70 bits per heavy atom. The molecule has 1 atom stereocenters. The fourth-order valence-corrected chi connectivity index (χ4v) is 3.07. The molecule has 1 aromatic carbocycles. The van der Waals surface area contributed by atoms with Crippen LogP contribution in [0, 0.1) is 11.8 Å². The van der Waals surface area contributed by atoms with Crippen LogP contribution in [0.4, 0.5) is 18.9 Å². The fraction of sp³-hybridized carbons (Fsp3) is 0.588. The minimum Gasteiger partial charge on any atom is -0.326 e. The summed E-state index contributed by atoms with van der Waals surface area (Å²) in [4.78, 5) is 12.1. The van der Waals surface area contributed by atoms with E-state index in [1.54, 1.807) is 6.07 Å². The van der Waals surface area contributed by atoms with E-state index in [1.165, 1.54) is 18.2 Å². The second-order valence-corrected chi connectivity index (χ2v) is 6.31. The number of alkyl halides is 3. The van der Waals surface area contributed by atoms with Crippen LogP contribution < -0.4 is 10.6 Å². The molecular weight excluding hydrogens is 305 g/mol. The van der Waals surface area contributed by atoms with Crippen LogP contribution in [-0.4, -0.2) is 25.2 Å². The zero-order valence-corrected chi connectivity index (χ0v) is 13.2. The zero-order valence-electron chi connectivity index (χ0n) is 13.2. The first-order valence-corrected chi connectivity index (χ1v) is 8.00. The van der Waals surface area contributed by atoms with E-state index in [0.29, 0.717) is 18.0 Å². The third-order valence-corrected chi connectivity index (χ3v) is 4.31. The Morgan fingerprint density at radius 2 is 2.04 bits per heavy atom. The summed E-state index contributed by atoms with van der Waals surface area (Å²) in [5.41, 5.74) is 0.580. The summed E-state index contributed by atoms with van der Waals surface area (Å²) >= 11 is 0. The van der Waals surface area contributed by atoms with Crippen molar-refractivity contribution in [1.29, 1.82) is 0 Å². The van der Waals surface area contributed by atoms with Crippen molar-refractivity contribution >= 4 is 11.6 Å². The topological polar surface area (TPSA) is 41.1 Å². The van der Waals surface area contributed by atoms with Crippen LogP contribution in [0.3, 0.4) is 0 Å². The molecule has 1 aromatic rings. The van der Waals surface area contributed by atoms with Crippen LogP contribution in [0.1, 0.15) is 31.7 Å². The van der Waals surface area contributed by atoms with Gasteiger partial charge in [-0.2, -0.15) is 13.2 Å². The first-order valence-electron chi connectivity index (χ1n) is 8.00. The number of nitrogens with one attached hydrogen (secondary N) is 2. The number of amides is 1. The van der Waals surface area contributed by atoms with Crippen molar-refractivity contribution in [2.24, 2.45) is 11.8 Å². The lowest BCUT2D eigenvalue weighted by molar-refractivity contribution is -0.127. The second-order valence-electron chi connectivity index (χ2n) is 6.31. The SMILES string of the molecule is CC(CC(=O)Nc1cccc(CC(F)(F)F)c1)C1CCNCC1. The summed E-state index contributed by atoms with van der Waals surface area (Å²) in [6.45, 7) is 4.03. The summed E-state index contributed by atoms with van der Waals surface area (Å²) in [6.07, 6.45) is -2.70.